The molecule has 0 aliphatic carbocycles. The molecule has 8 heteroatoms. The zero-order chi connectivity index (χ0) is 20.8. The Hall–Kier alpha value is -2.84. The molecular weight excluding hydrogens is 408 g/mol. The fraction of sp³-hybridized carbons (Fsp3) is 0.190. The first-order valence-electron chi connectivity index (χ1n) is 9.01. The third kappa shape index (κ3) is 4.96. The van der Waals surface area contributed by atoms with Crippen LogP contribution in [-0.2, 0) is 9.53 Å². The molecule has 3 rings (SSSR count). The summed E-state index contributed by atoms with van der Waals surface area (Å²) in [5.74, 6) is -0.783. The lowest BCUT2D eigenvalue weighted by Crippen LogP contribution is -2.30. The number of hydrogen-bond acceptors (Lipinski definition) is 6. The second-order valence-electron chi connectivity index (χ2n) is 6.05. The van der Waals surface area contributed by atoms with Crippen molar-refractivity contribution < 1.29 is 19.1 Å². The fourth-order valence-corrected chi connectivity index (χ4v) is 4.45. The van der Waals surface area contributed by atoms with E-state index in [2.05, 4.69) is 5.32 Å². The molecule has 0 radical (unpaired) electrons. The van der Waals surface area contributed by atoms with E-state index in [9.17, 15) is 14.8 Å². The average molecular weight is 429 g/mol. The zero-order valence-electron chi connectivity index (χ0n) is 16.0. The molecule has 1 amide bonds. The summed E-state index contributed by atoms with van der Waals surface area (Å²) in [6, 6.07) is 14.5. The monoisotopic (exact) mass is 428 g/mol. The van der Waals surface area contributed by atoms with E-state index in [-0.39, 0.29) is 12.5 Å². The number of nitrogens with one attached hydrogen (secondary N) is 1. The summed E-state index contributed by atoms with van der Waals surface area (Å²) in [5, 5.41) is 16.8. The van der Waals surface area contributed by atoms with Gasteiger partial charge in [0.2, 0.25) is 5.91 Å². The summed E-state index contributed by atoms with van der Waals surface area (Å²) in [5.41, 5.74) is 1.92. The Kier molecular flexibility index (Phi) is 6.90. The van der Waals surface area contributed by atoms with Gasteiger partial charge in [-0.15, -0.1) is 11.3 Å². The molecular formula is C21H20N2O4S2. The smallest absolute Gasteiger partial charge is 0.341 e. The van der Waals surface area contributed by atoms with Crippen molar-refractivity contribution in [2.45, 2.75) is 24.1 Å². The van der Waals surface area contributed by atoms with Gasteiger partial charge in [0.05, 0.1) is 11.9 Å². The summed E-state index contributed by atoms with van der Waals surface area (Å²) in [4.78, 5) is 25.3. The summed E-state index contributed by atoms with van der Waals surface area (Å²) in [6.07, 6.45) is 1.39. The molecule has 1 atom stereocenters. The van der Waals surface area contributed by atoms with Gasteiger partial charge >= 0.3 is 5.97 Å². The van der Waals surface area contributed by atoms with Crippen molar-refractivity contribution in [2.24, 2.45) is 0 Å². The van der Waals surface area contributed by atoms with Crippen LogP contribution in [0.1, 0.15) is 24.2 Å². The third-order valence-corrected chi connectivity index (χ3v) is 6.07. The highest BCUT2D eigenvalue weighted by Gasteiger charge is 2.25. The van der Waals surface area contributed by atoms with Crippen LogP contribution in [0, 0.1) is 5.21 Å². The van der Waals surface area contributed by atoms with Crippen molar-refractivity contribution in [1.29, 1.82) is 0 Å². The second kappa shape index (κ2) is 9.58. The third-order valence-electron chi connectivity index (χ3n) is 4.05. The maximum absolute atomic E-state index is 12.7. The Morgan fingerprint density at radius 1 is 1.21 bits per heavy atom. The first-order chi connectivity index (χ1) is 14.0. The van der Waals surface area contributed by atoms with Crippen LogP contribution in [0.4, 0.5) is 5.00 Å². The van der Waals surface area contributed by atoms with E-state index in [0.29, 0.717) is 21.2 Å². The van der Waals surface area contributed by atoms with E-state index in [1.165, 1.54) is 17.5 Å². The van der Waals surface area contributed by atoms with Gasteiger partial charge in [0.15, 0.2) is 6.20 Å². The van der Waals surface area contributed by atoms with Gasteiger partial charge in [0, 0.05) is 23.1 Å². The quantitative estimate of drug-likeness (QED) is 0.262. The van der Waals surface area contributed by atoms with Gasteiger partial charge in [0.25, 0.3) is 5.03 Å². The molecule has 29 heavy (non-hydrogen) atoms. The van der Waals surface area contributed by atoms with E-state index in [0.717, 1.165) is 22.1 Å². The second-order valence-corrected chi connectivity index (χ2v) is 8.29. The molecule has 1 aromatic carbocycles. The van der Waals surface area contributed by atoms with Crippen LogP contribution in [0.15, 0.2) is 65.1 Å². The predicted octanol–water partition coefficient (Wildman–Crippen LogP) is 4.34. The number of carbonyl (C=O) groups excluding carboxylic acids is 2. The Morgan fingerprint density at radius 2 is 1.93 bits per heavy atom. The van der Waals surface area contributed by atoms with Crippen molar-refractivity contribution in [3.63, 3.8) is 0 Å². The topological polar surface area (TPSA) is 82.3 Å². The molecule has 0 saturated heterocycles. The number of benzene rings is 1. The lowest BCUT2D eigenvalue weighted by Gasteiger charge is -2.12. The zero-order valence-corrected chi connectivity index (χ0v) is 17.6. The number of carbonyl (C=O) groups is 2. The molecule has 0 saturated carbocycles. The van der Waals surface area contributed by atoms with Crippen LogP contribution in [-0.4, -0.2) is 23.7 Å². The molecule has 1 unspecified atom stereocenters. The molecule has 0 aliphatic rings. The maximum atomic E-state index is 12.7. The van der Waals surface area contributed by atoms with E-state index < -0.39 is 11.2 Å². The number of amides is 1. The van der Waals surface area contributed by atoms with Crippen LogP contribution in [0.3, 0.4) is 0 Å². The van der Waals surface area contributed by atoms with Crippen LogP contribution in [0.2, 0.25) is 0 Å². The maximum Gasteiger partial charge on any atom is 0.341 e. The van der Waals surface area contributed by atoms with Gasteiger partial charge in [-0.25, -0.2) is 4.79 Å². The summed E-state index contributed by atoms with van der Waals surface area (Å²) in [7, 11) is 0. The Morgan fingerprint density at radius 3 is 2.62 bits per heavy atom. The molecule has 2 heterocycles. The number of ether oxygens (including phenoxy) is 1. The normalized spacial score (nSPS) is 11.7. The minimum atomic E-state index is -0.532. The number of rotatable bonds is 7. The number of thioether (sulfide) groups is 1. The molecule has 0 aliphatic heterocycles. The first kappa shape index (κ1) is 20.9. The van der Waals surface area contributed by atoms with Crippen molar-refractivity contribution in [3.05, 3.63) is 70.9 Å². The molecule has 1 N–H and O–H groups in total. The predicted molar refractivity (Wildman–Crippen MR) is 115 cm³/mol. The van der Waals surface area contributed by atoms with Gasteiger partial charge in [-0.05, 0) is 37.2 Å². The standard InChI is InChI=1S/C21H20N2O4S2/c1-3-27-21(25)18-16(15-9-5-4-6-10-15)13-28-20(18)22-19(24)14(2)29-17-11-7-8-12-23(17)26/h4-14H,3H2,1-2H3,(H,22,24). The Balaban J connectivity index is 1.84. The van der Waals surface area contributed by atoms with E-state index in [1.54, 1.807) is 32.0 Å². The van der Waals surface area contributed by atoms with E-state index in [4.69, 9.17) is 4.74 Å². The van der Waals surface area contributed by atoms with E-state index >= 15 is 0 Å². The molecule has 2 aromatic heterocycles. The van der Waals surface area contributed by atoms with E-state index in [1.807, 2.05) is 35.7 Å². The first-order valence-corrected chi connectivity index (χ1v) is 10.8. The average Bonchev–Trinajstić information content (AvgIpc) is 3.14. The van der Waals surface area contributed by atoms with Crippen molar-refractivity contribution >= 4 is 40.0 Å². The van der Waals surface area contributed by atoms with Crippen molar-refractivity contribution in [3.8, 4) is 11.1 Å². The number of pyridine rings is 1. The molecule has 6 nitrogen and oxygen atoms in total. The molecule has 0 bridgehead atoms. The van der Waals surface area contributed by atoms with Crippen molar-refractivity contribution in [2.75, 3.05) is 11.9 Å². The van der Waals surface area contributed by atoms with Gasteiger partial charge in [-0.2, -0.15) is 4.73 Å². The molecule has 0 spiro atoms. The highest BCUT2D eigenvalue weighted by atomic mass is 32.2. The lowest BCUT2D eigenvalue weighted by molar-refractivity contribution is -0.645. The number of hydrogen-bond donors (Lipinski definition) is 1. The van der Waals surface area contributed by atoms with Crippen LogP contribution >= 0.6 is 23.1 Å². The Bertz CT molecular complexity index is 1000. The number of anilines is 1. The highest BCUT2D eigenvalue weighted by Crippen LogP contribution is 2.36. The molecule has 3 aromatic rings. The van der Waals surface area contributed by atoms with Crippen LogP contribution < -0.4 is 10.0 Å². The van der Waals surface area contributed by atoms with Gasteiger partial charge in [-0.1, -0.05) is 30.3 Å². The summed E-state index contributed by atoms with van der Waals surface area (Å²) < 4.78 is 5.93. The van der Waals surface area contributed by atoms with Gasteiger partial charge in [0.1, 0.15) is 10.6 Å². The lowest BCUT2D eigenvalue weighted by atomic mass is 10.0. The number of thiophene rings is 1. The fourth-order valence-electron chi connectivity index (χ4n) is 2.64. The van der Waals surface area contributed by atoms with Crippen LogP contribution in [0.25, 0.3) is 11.1 Å². The molecule has 0 fully saturated rings. The minimum Gasteiger partial charge on any atom is -0.618 e. The summed E-state index contributed by atoms with van der Waals surface area (Å²) >= 11 is 2.42. The largest absolute Gasteiger partial charge is 0.618 e. The summed E-state index contributed by atoms with van der Waals surface area (Å²) in [6.45, 7) is 3.68. The SMILES string of the molecule is CCOC(=O)c1c(-c2ccccc2)csc1NC(=O)C(C)Sc1cccc[n+]1[O-]. The van der Waals surface area contributed by atoms with Gasteiger partial charge in [-0.3, -0.25) is 4.79 Å². The van der Waals surface area contributed by atoms with Crippen molar-refractivity contribution in [1.82, 2.24) is 0 Å². The Labute approximate surface area is 177 Å². The van der Waals surface area contributed by atoms with Crippen LogP contribution in [0.5, 0.6) is 0 Å². The minimum absolute atomic E-state index is 0.236. The van der Waals surface area contributed by atoms with Gasteiger partial charge < -0.3 is 15.3 Å². The number of nitrogens with zero attached hydrogens (tertiary/aromatic N) is 1. The molecule has 150 valence electrons. The number of aromatic nitrogens is 1. The highest BCUT2D eigenvalue weighted by molar-refractivity contribution is 8.00. The number of esters is 1.